The molecule has 4 nitrogen and oxygen atoms in total. The van der Waals surface area contributed by atoms with E-state index in [-0.39, 0.29) is 5.56 Å². The molecule has 1 aromatic heterocycles. The summed E-state index contributed by atoms with van der Waals surface area (Å²) in [5, 5.41) is 9.50. The van der Waals surface area contributed by atoms with E-state index >= 15 is 0 Å². The second-order valence-corrected chi connectivity index (χ2v) is 4.11. The summed E-state index contributed by atoms with van der Waals surface area (Å²) < 4.78 is 0. The molecule has 2 rings (SSSR count). The lowest BCUT2D eigenvalue weighted by molar-refractivity contribution is 0.0699. The lowest BCUT2D eigenvalue weighted by atomic mass is 10.1. The Morgan fingerprint density at radius 1 is 1.20 bits per heavy atom. The smallest absolute Gasteiger partial charge is 0.336 e. The number of aryl methyl sites for hydroxylation is 1. The number of benzene rings is 1. The second kappa shape index (κ2) is 8.91. The highest BCUT2D eigenvalue weighted by atomic mass is 16.4. The number of H-pyrrole nitrogens is 1. The van der Waals surface area contributed by atoms with Crippen LogP contribution in [0.1, 0.15) is 50.0 Å². The Hall–Kier alpha value is -2.10. The molecule has 110 valence electrons. The first-order valence-electron chi connectivity index (χ1n) is 6.86. The Labute approximate surface area is 119 Å². The molecular weight excluding hydrogens is 254 g/mol. The van der Waals surface area contributed by atoms with Gasteiger partial charge in [-0.25, -0.2) is 4.79 Å². The number of hydrogen-bond donors (Lipinski definition) is 2. The molecule has 4 heteroatoms. The Morgan fingerprint density at radius 3 is 2.25 bits per heavy atom. The number of carboxylic acids is 1. The van der Waals surface area contributed by atoms with E-state index in [1.807, 2.05) is 26.8 Å². The third kappa shape index (κ3) is 4.88. The lowest BCUT2D eigenvalue weighted by Gasteiger charge is -2.02. The van der Waals surface area contributed by atoms with Crippen molar-refractivity contribution in [2.75, 3.05) is 0 Å². The van der Waals surface area contributed by atoms with Crippen molar-refractivity contribution in [3.05, 3.63) is 45.7 Å². The molecule has 0 aliphatic heterocycles. The number of fused-ring (bicyclic) bond motifs is 1. The van der Waals surface area contributed by atoms with Gasteiger partial charge in [0.2, 0.25) is 5.56 Å². The van der Waals surface area contributed by atoms with Gasteiger partial charge in [-0.2, -0.15) is 0 Å². The van der Waals surface area contributed by atoms with Gasteiger partial charge < -0.3 is 10.1 Å². The summed E-state index contributed by atoms with van der Waals surface area (Å²) in [4.78, 5) is 24.7. The first kappa shape index (κ1) is 17.9. The zero-order valence-electron chi connectivity index (χ0n) is 12.8. The lowest BCUT2D eigenvalue weighted by Crippen LogP contribution is -2.10. The van der Waals surface area contributed by atoms with Crippen molar-refractivity contribution in [3.63, 3.8) is 0 Å². The van der Waals surface area contributed by atoms with Crippen LogP contribution in [0.25, 0.3) is 10.9 Å². The molecule has 0 saturated carbocycles. The standard InChI is InChI=1S/C11H9NO3.C3H8.C2H6/c1-6-2-3-9-7(4-6)8(11(14)15)5-10(13)12-9;1-3-2;1-2/h2-5H,1H3,(H,12,13)(H,14,15);3H2,1-2H3;1-2H3. The van der Waals surface area contributed by atoms with Crippen molar-refractivity contribution < 1.29 is 9.90 Å². The quantitative estimate of drug-likeness (QED) is 0.828. The summed E-state index contributed by atoms with van der Waals surface area (Å²) in [6.07, 6.45) is 1.25. The number of aromatic carboxylic acids is 1. The number of hydrogen-bond acceptors (Lipinski definition) is 2. The maximum absolute atomic E-state index is 11.2. The zero-order valence-corrected chi connectivity index (χ0v) is 12.8. The van der Waals surface area contributed by atoms with Gasteiger partial charge in [0.25, 0.3) is 0 Å². The molecule has 2 aromatic rings. The summed E-state index contributed by atoms with van der Waals surface area (Å²) in [5.41, 5.74) is 1.14. The van der Waals surface area contributed by atoms with Gasteiger partial charge >= 0.3 is 5.97 Å². The van der Waals surface area contributed by atoms with Crippen molar-refractivity contribution in [3.8, 4) is 0 Å². The van der Waals surface area contributed by atoms with E-state index in [0.717, 1.165) is 11.6 Å². The summed E-state index contributed by atoms with van der Waals surface area (Å²) in [6.45, 7) is 10.1. The average Bonchev–Trinajstić information content (AvgIpc) is 2.41. The molecule has 0 saturated heterocycles. The third-order valence-electron chi connectivity index (χ3n) is 2.23. The van der Waals surface area contributed by atoms with Crippen LogP contribution in [0.4, 0.5) is 0 Å². The number of pyridine rings is 1. The molecule has 0 unspecified atom stereocenters. The van der Waals surface area contributed by atoms with Crippen molar-refractivity contribution in [1.29, 1.82) is 0 Å². The topological polar surface area (TPSA) is 70.2 Å². The maximum atomic E-state index is 11.2. The van der Waals surface area contributed by atoms with Gasteiger partial charge in [0.05, 0.1) is 5.56 Å². The van der Waals surface area contributed by atoms with Crippen molar-refractivity contribution >= 4 is 16.9 Å². The summed E-state index contributed by atoms with van der Waals surface area (Å²) in [7, 11) is 0. The van der Waals surface area contributed by atoms with Crippen LogP contribution >= 0.6 is 0 Å². The molecule has 0 amide bonds. The molecular formula is C16H23NO3. The number of carboxylic acid groups (broad SMARTS) is 1. The number of nitrogens with one attached hydrogen (secondary N) is 1. The van der Waals surface area contributed by atoms with Gasteiger partial charge in [-0.15, -0.1) is 0 Å². The fourth-order valence-electron chi connectivity index (χ4n) is 1.54. The minimum Gasteiger partial charge on any atom is -0.478 e. The van der Waals surface area contributed by atoms with E-state index < -0.39 is 11.5 Å². The third-order valence-corrected chi connectivity index (χ3v) is 2.23. The van der Waals surface area contributed by atoms with Crippen LogP contribution in [-0.2, 0) is 0 Å². The molecule has 0 aliphatic carbocycles. The molecule has 2 N–H and O–H groups in total. The SMILES string of the molecule is CC.CCC.Cc1ccc2[nH]c(=O)cc(C(=O)O)c2c1. The van der Waals surface area contributed by atoms with Crippen LogP contribution in [0.5, 0.6) is 0 Å². The minimum absolute atomic E-state index is 0.0393. The van der Waals surface area contributed by atoms with Crippen LogP contribution < -0.4 is 5.56 Å². The van der Waals surface area contributed by atoms with Crippen molar-refractivity contribution in [1.82, 2.24) is 4.98 Å². The predicted octanol–water partition coefficient (Wildman–Crippen LogP) is 3.98. The predicted molar refractivity (Wildman–Crippen MR) is 83.6 cm³/mol. The molecule has 0 bridgehead atoms. The second-order valence-electron chi connectivity index (χ2n) is 4.11. The summed E-state index contributed by atoms with van der Waals surface area (Å²) in [6, 6.07) is 6.38. The van der Waals surface area contributed by atoms with Gasteiger partial charge in [-0.3, -0.25) is 4.79 Å². The number of rotatable bonds is 1. The molecule has 0 spiro atoms. The number of carbonyl (C=O) groups is 1. The van der Waals surface area contributed by atoms with Crippen molar-refractivity contribution in [2.45, 2.75) is 41.0 Å². The highest BCUT2D eigenvalue weighted by Crippen LogP contribution is 2.16. The minimum atomic E-state index is -1.09. The van der Waals surface area contributed by atoms with Crippen LogP contribution in [0, 0.1) is 6.92 Å². The van der Waals surface area contributed by atoms with Gasteiger partial charge in [0, 0.05) is 17.0 Å². The van der Waals surface area contributed by atoms with E-state index in [2.05, 4.69) is 18.8 Å². The molecule has 1 heterocycles. The van der Waals surface area contributed by atoms with E-state index in [0.29, 0.717) is 10.9 Å². The first-order valence-corrected chi connectivity index (χ1v) is 6.86. The van der Waals surface area contributed by atoms with E-state index in [4.69, 9.17) is 5.11 Å². The molecule has 20 heavy (non-hydrogen) atoms. The largest absolute Gasteiger partial charge is 0.478 e. The molecule has 1 aromatic carbocycles. The fourth-order valence-corrected chi connectivity index (χ4v) is 1.54. The van der Waals surface area contributed by atoms with Gasteiger partial charge in [-0.05, 0) is 19.1 Å². The number of aromatic amines is 1. The molecule has 0 aliphatic rings. The molecule has 0 atom stereocenters. The Morgan fingerprint density at radius 2 is 1.75 bits per heavy atom. The van der Waals surface area contributed by atoms with Gasteiger partial charge in [-0.1, -0.05) is 45.7 Å². The highest BCUT2D eigenvalue weighted by molar-refractivity contribution is 6.02. The maximum Gasteiger partial charge on any atom is 0.336 e. The van der Waals surface area contributed by atoms with Crippen molar-refractivity contribution in [2.24, 2.45) is 0 Å². The highest BCUT2D eigenvalue weighted by Gasteiger charge is 2.09. The molecule has 0 radical (unpaired) electrons. The average molecular weight is 277 g/mol. The summed E-state index contributed by atoms with van der Waals surface area (Å²) in [5.74, 6) is -1.09. The van der Waals surface area contributed by atoms with Gasteiger partial charge in [0.1, 0.15) is 0 Å². The van der Waals surface area contributed by atoms with E-state index in [9.17, 15) is 9.59 Å². The normalized spacial score (nSPS) is 9.05. The van der Waals surface area contributed by atoms with Crippen LogP contribution in [0.2, 0.25) is 0 Å². The van der Waals surface area contributed by atoms with Crippen LogP contribution in [0.15, 0.2) is 29.1 Å². The first-order chi connectivity index (χ1) is 9.49. The monoisotopic (exact) mass is 277 g/mol. The van der Waals surface area contributed by atoms with E-state index in [1.165, 1.54) is 6.42 Å². The number of aromatic nitrogens is 1. The molecule has 0 fully saturated rings. The van der Waals surface area contributed by atoms with Gasteiger partial charge in [0.15, 0.2) is 0 Å². The van der Waals surface area contributed by atoms with Crippen LogP contribution in [-0.4, -0.2) is 16.1 Å². The Bertz CT molecular complexity index is 615. The zero-order chi connectivity index (χ0) is 15.7. The Kier molecular flexibility index (Phi) is 7.97. The van der Waals surface area contributed by atoms with E-state index in [1.54, 1.807) is 12.1 Å². The summed E-state index contributed by atoms with van der Waals surface area (Å²) >= 11 is 0. The Balaban J connectivity index is 0.000000641. The van der Waals surface area contributed by atoms with Crippen LogP contribution in [0.3, 0.4) is 0 Å². The fraction of sp³-hybridized carbons (Fsp3) is 0.375.